The van der Waals surface area contributed by atoms with E-state index in [9.17, 15) is 14.7 Å². The highest BCUT2D eigenvalue weighted by Crippen LogP contribution is 2.20. The predicted molar refractivity (Wildman–Crippen MR) is 132 cm³/mol. The number of imidazole rings is 1. The van der Waals surface area contributed by atoms with E-state index >= 15 is 0 Å². The molecule has 0 aliphatic rings. The van der Waals surface area contributed by atoms with Crippen LogP contribution < -0.4 is 10.4 Å². The summed E-state index contributed by atoms with van der Waals surface area (Å²) in [6.45, 7) is 7.31. The summed E-state index contributed by atoms with van der Waals surface area (Å²) in [5.41, 5.74) is 2.83. The highest BCUT2D eigenvalue weighted by atomic mass is 16.5. The van der Waals surface area contributed by atoms with Crippen LogP contribution in [-0.4, -0.2) is 39.5 Å². The largest absolute Gasteiger partial charge is 0.493 e. The normalized spacial score (nSPS) is 12.9. The van der Waals surface area contributed by atoms with Crippen LogP contribution in [0.25, 0.3) is 0 Å². The molecule has 0 fully saturated rings. The Morgan fingerprint density at radius 1 is 1.06 bits per heavy atom. The molecule has 0 amide bonds. The third-order valence-electron chi connectivity index (χ3n) is 6.04. The van der Waals surface area contributed by atoms with Gasteiger partial charge in [-0.15, -0.1) is 0 Å². The Labute approximate surface area is 200 Å². The summed E-state index contributed by atoms with van der Waals surface area (Å²) in [4.78, 5) is 24.4. The number of carboxylic acids is 1. The molecule has 0 aliphatic heterocycles. The van der Waals surface area contributed by atoms with E-state index in [0.29, 0.717) is 31.9 Å². The number of carbonyl (C=O) groups is 1. The average Bonchev–Trinajstić information content (AvgIpc) is 3.11. The lowest BCUT2D eigenvalue weighted by Crippen LogP contribution is -2.39. The van der Waals surface area contributed by atoms with Crippen LogP contribution in [0.1, 0.15) is 42.7 Å². The smallest absolute Gasteiger partial charge is 0.336 e. The van der Waals surface area contributed by atoms with E-state index in [-0.39, 0.29) is 12.1 Å². The van der Waals surface area contributed by atoms with Crippen LogP contribution in [0, 0.1) is 6.92 Å². The minimum absolute atomic E-state index is 0.00130. The van der Waals surface area contributed by atoms with Gasteiger partial charge in [-0.25, -0.2) is 9.59 Å². The van der Waals surface area contributed by atoms with E-state index in [1.807, 2.05) is 42.0 Å². The molecule has 3 rings (SSSR count). The van der Waals surface area contributed by atoms with Crippen LogP contribution in [0.5, 0.6) is 5.75 Å². The van der Waals surface area contributed by atoms with Gasteiger partial charge in [-0.2, -0.15) is 0 Å². The van der Waals surface area contributed by atoms with Crippen molar-refractivity contribution in [3.05, 3.63) is 87.6 Å². The second-order valence-electron chi connectivity index (χ2n) is 8.83. The summed E-state index contributed by atoms with van der Waals surface area (Å²) in [6.07, 6.45) is 3.68. The van der Waals surface area contributed by atoms with Crippen molar-refractivity contribution >= 4 is 5.97 Å². The molecule has 1 atom stereocenters. The number of aromatic nitrogens is 2. The molecule has 3 aromatic rings. The summed E-state index contributed by atoms with van der Waals surface area (Å²) in [5.74, 6) is -0.301. The number of hydrogen-bond donors (Lipinski definition) is 1. The molecule has 34 heavy (non-hydrogen) atoms. The molecule has 7 nitrogen and oxygen atoms in total. The lowest BCUT2D eigenvalue weighted by Gasteiger charge is -2.23. The molecular formula is C27H34N2O5. The lowest BCUT2D eigenvalue weighted by molar-refractivity contribution is -0.159. The van der Waals surface area contributed by atoms with Crippen molar-refractivity contribution in [2.45, 2.75) is 58.7 Å². The van der Waals surface area contributed by atoms with Crippen molar-refractivity contribution < 1.29 is 19.4 Å². The third kappa shape index (κ3) is 6.17. The summed E-state index contributed by atoms with van der Waals surface area (Å²) in [5, 5.41) is 9.37. The minimum atomic E-state index is -1.27. The molecule has 0 saturated heterocycles. The monoisotopic (exact) mass is 466 g/mol. The van der Waals surface area contributed by atoms with Gasteiger partial charge in [0.05, 0.1) is 13.2 Å². The standard InChI is InChI=1S/C27H34N2O5/c1-5-15-29-23(19-28(26(29)32)18-22-8-6-20(2)7-9-22)14-16-34-24-12-10-21(11-13-24)17-27(3,33-4)25(30)31/h6-13,19H,5,14-18H2,1-4H3,(H,30,31)/t27-/m0/s1. The zero-order valence-corrected chi connectivity index (χ0v) is 20.4. The summed E-state index contributed by atoms with van der Waals surface area (Å²) in [7, 11) is 1.40. The molecule has 1 aromatic heterocycles. The number of benzene rings is 2. The number of methoxy groups -OCH3 is 1. The molecule has 2 aromatic carbocycles. The van der Waals surface area contributed by atoms with Crippen molar-refractivity contribution in [3.8, 4) is 5.75 Å². The van der Waals surface area contributed by atoms with Gasteiger partial charge in [0.2, 0.25) is 0 Å². The molecule has 0 saturated carbocycles. The van der Waals surface area contributed by atoms with Gasteiger partial charge < -0.3 is 14.6 Å². The first-order chi connectivity index (χ1) is 16.3. The van der Waals surface area contributed by atoms with Crippen LogP contribution in [0.2, 0.25) is 0 Å². The third-order valence-corrected chi connectivity index (χ3v) is 6.04. The Balaban J connectivity index is 1.64. The van der Waals surface area contributed by atoms with E-state index in [4.69, 9.17) is 9.47 Å². The summed E-state index contributed by atoms with van der Waals surface area (Å²) >= 11 is 0. The molecule has 1 heterocycles. The van der Waals surface area contributed by atoms with Gasteiger partial charge in [0.25, 0.3) is 0 Å². The van der Waals surface area contributed by atoms with Gasteiger partial charge in [0.15, 0.2) is 5.60 Å². The van der Waals surface area contributed by atoms with Crippen LogP contribution in [-0.2, 0) is 35.5 Å². The Morgan fingerprint density at radius 3 is 2.29 bits per heavy atom. The molecule has 0 radical (unpaired) electrons. The van der Waals surface area contributed by atoms with E-state index in [0.717, 1.165) is 23.2 Å². The first-order valence-corrected chi connectivity index (χ1v) is 11.6. The molecule has 1 N–H and O–H groups in total. The molecule has 0 aliphatic carbocycles. The fourth-order valence-corrected chi connectivity index (χ4v) is 3.85. The fraction of sp³-hybridized carbons (Fsp3) is 0.407. The van der Waals surface area contributed by atoms with Crippen molar-refractivity contribution in [2.75, 3.05) is 13.7 Å². The summed E-state index contributed by atoms with van der Waals surface area (Å²) < 4.78 is 14.7. The molecule has 0 spiro atoms. The Kier molecular flexibility index (Phi) is 8.34. The number of aryl methyl sites for hydroxylation is 1. The van der Waals surface area contributed by atoms with Gasteiger partial charge in [-0.1, -0.05) is 48.9 Å². The summed E-state index contributed by atoms with van der Waals surface area (Å²) in [6, 6.07) is 15.6. The van der Waals surface area contributed by atoms with Gasteiger partial charge >= 0.3 is 11.7 Å². The molecule has 0 bridgehead atoms. The van der Waals surface area contributed by atoms with Crippen molar-refractivity contribution in [2.24, 2.45) is 0 Å². The predicted octanol–water partition coefficient (Wildman–Crippen LogP) is 4.07. The lowest BCUT2D eigenvalue weighted by atomic mass is 9.96. The first-order valence-electron chi connectivity index (χ1n) is 11.6. The average molecular weight is 467 g/mol. The number of rotatable bonds is 12. The molecule has 182 valence electrons. The Bertz CT molecular complexity index is 1150. The molecular weight excluding hydrogens is 432 g/mol. The number of nitrogens with zero attached hydrogens (tertiary/aromatic N) is 2. The van der Waals surface area contributed by atoms with Gasteiger partial charge in [0, 0.05) is 38.4 Å². The Morgan fingerprint density at radius 2 is 1.71 bits per heavy atom. The molecule has 7 heteroatoms. The van der Waals surface area contributed by atoms with Crippen molar-refractivity contribution in [3.63, 3.8) is 0 Å². The number of aliphatic carboxylic acids is 1. The van der Waals surface area contributed by atoms with Crippen LogP contribution in [0.3, 0.4) is 0 Å². The van der Waals surface area contributed by atoms with Gasteiger partial charge in [-0.05, 0) is 43.5 Å². The van der Waals surface area contributed by atoms with Crippen LogP contribution >= 0.6 is 0 Å². The maximum absolute atomic E-state index is 12.9. The molecule has 0 unspecified atom stereocenters. The van der Waals surface area contributed by atoms with E-state index in [1.165, 1.54) is 12.7 Å². The maximum Gasteiger partial charge on any atom is 0.336 e. The minimum Gasteiger partial charge on any atom is -0.493 e. The van der Waals surface area contributed by atoms with Gasteiger partial charge in [-0.3, -0.25) is 9.13 Å². The SMILES string of the molecule is CCCn1c(CCOc2ccc(C[C@](C)(OC)C(=O)O)cc2)cn(Cc2ccc(C)cc2)c1=O. The quantitative estimate of drug-likeness (QED) is 0.435. The highest BCUT2D eigenvalue weighted by Gasteiger charge is 2.33. The van der Waals surface area contributed by atoms with E-state index < -0.39 is 11.6 Å². The number of carboxylic acid groups (broad SMARTS) is 1. The highest BCUT2D eigenvalue weighted by molar-refractivity contribution is 5.77. The second kappa shape index (κ2) is 11.2. The number of ether oxygens (including phenoxy) is 2. The zero-order valence-electron chi connectivity index (χ0n) is 20.4. The van der Waals surface area contributed by atoms with Crippen molar-refractivity contribution in [1.29, 1.82) is 0 Å². The first kappa shape index (κ1) is 25.3. The van der Waals surface area contributed by atoms with E-state index in [1.54, 1.807) is 11.5 Å². The maximum atomic E-state index is 12.9. The number of hydrogen-bond acceptors (Lipinski definition) is 4. The Hall–Kier alpha value is -3.32. The topological polar surface area (TPSA) is 82.7 Å². The van der Waals surface area contributed by atoms with Crippen LogP contribution in [0.4, 0.5) is 0 Å². The van der Waals surface area contributed by atoms with Crippen LogP contribution in [0.15, 0.2) is 59.5 Å². The van der Waals surface area contributed by atoms with E-state index in [2.05, 4.69) is 31.2 Å². The zero-order chi connectivity index (χ0) is 24.7. The van der Waals surface area contributed by atoms with Gasteiger partial charge in [0.1, 0.15) is 5.75 Å². The second-order valence-corrected chi connectivity index (χ2v) is 8.83. The van der Waals surface area contributed by atoms with Crippen molar-refractivity contribution in [1.82, 2.24) is 9.13 Å². The fourth-order valence-electron chi connectivity index (χ4n) is 3.85.